The fraction of sp³-hybridized carbons (Fsp3) is 0.714. The van der Waals surface area contributed by atoms with Crippen molar-refractivity contribution in [2.75, 3.05) is 24.6 Å². The van der Waals surface area contributed by atoms with Gasteiger partial charge in [0.15, 0.2) is 0 Å². The van der Waals surface area contributed by atoms with Gasteiger partial charge in [-0.25, -0.2) is 9.97 Å². The van der Waals surface area contributed by atoms with Gasteiger partial charge in [-0.3, -0.25) is 0 Å². The second-order valence-corrected chi connectivity index (χ2v) is 5.39. The topological polar surface area (TPSA) is 38.2 Å². The highest BCUT2D eigenvalue weighted by Gasteiger charge is 2.29. The first kappa shape index (κ1) is 11.9. The van der Waals surface area contributed by atoms with Gasteiger partial charge >= 0.3 is 0 Å². The fourth-order valence-corrected chi connectivity index (χ4v) is 3.09. The molecule has 4 nitrogen and oxygen atoms in total. The normalized spacial score (nSPS) is 25.6. The van der Waals surface area contributed by atoms with Gasteiger partial charge in [-0.1, -0.05) is 0 Å². The minimum atomic E-state index is 0.527. The van der Waals surface area contributed by atoms with Gasteiger partial charge < -0.3 is 9.64 Å². The molecule has 3 rings (SSSR count). The van der Waals surface area contributed by atoms with Crippen molar-refractivity contribution in [1.29, 1.82) is 0 Å². The van der Waals surface area contributed by atoms with E-state index in [2.05, 4.69) is 20.9 Å². The summed E-state index contributed by atoms with van der Waals surface area (Å²) in [5, 5.41) is 0. The lowest BCUT2D eigenvalue weighted by Crippen LogP contribution is -2.38. The number of nitrogens with zero attached hydrogens (tertiary/aromatic N) is 3. The third-order valence-electron chi connectivity index (χ3n) is 4.14. The molecule has 0 aliphatic carbocycles. The molecule has 2 saturated heterocycles. The predicted octanol–water partition coefficient (Wildman–Crippen LogP) is 2.18. The van der Waals surface area contributed by atoms with Crippen molar-refractivity contribution in [1.82, 2.24) is 9.97 Å². The van der Waals surface area contributed by atoms with Crippen molar-refractivity contribution >= 4 is 5.82 Å². The van der Waals surface area contributed by atoms with Gasteiger partial charge in [0.25, 0.3) is 0 Å². The van der Waals surface area contributed by atoms with Crippen molar-refractivity contribution in [2.45, 2.75) is 38.7 Å². The van der Waals surface area contributed by atoms with E-state index >= 15 is 0 Å². The first-order valence-electron chi connectivity index (χ1n) is 6.98. The molecule has 2 aliphatic rings. The summed E-state index contributed by atoms with van der Waals surface area (Å²) in [6.07, 6.45) is 7.16. The van der Waals surface area contributed by atoms with Crippen LogP contribution >= 0.6 is 0 Å². The first-order valence-corrected chi connectivity index (χ1v) is 6.98. The van der Waals surface area contributed by atoms with Crippen LogP contribution in [-0.4, -0.2) is 35.8 Å². The fourth-order valence-electron chi connectivity index (χ4n) is 3.09. The van der Waals surface area contributed by atoms with Gasteiger partial charge in [-0.2, -0.15) is 0 Å². The van der Waals surface area contributed by atoms with Crippen LogP contribution in [0.4, 0.5) is 5.82 Å². The van der Waals surface area contributed by atoms with Crippen LogP contribution in [0.15, 0.2) is 12.4 Å². The summed E-state index contributed by atoms with van der Waals surface area (Å²) in [7, 11) is 0. The Morgan fingerprint density at radius 3 is 2.72 bits per heavy atom. The zero-order valence-corrected chi connectivity index (χ0v) is 11.0. The average Bonchev–Trinajstić information content (AvgIpc) is 2.93. The molecule has 0 amide bonds. The maximum atomic E-state index is 5.81. The molecule has 2 aliphatic heterocycles. The third-order valence-corrected chi connectivity index (χ3v) is 4.14. The van der Waals surface area contributed by atoms with Gasteiger partial charge in [0.05, 0.1) is 6.10 Å². The van der Waals surface area contributed by atoms with Gasteiger partial charge in [-0.15, -0.1) is 0 Å². The molecule has 1 aromatic rings. The zero-order valence-electron chi connectivity index (χ0n) is 11.0. The van der Waals surface area contributed by atoms with E-state index in [-0.39, 0.29) is 0 Å². The van der Waals surface area contributed by atoms with Crippen molar-refractivity contribution in [3.05, 3.63) is 18.1 Å². The van der Waals surface area contributed by atoms with Gasteiger partial charge in [-0.05, 0) is 38.5 Å². The van der Waals surface area contributed by atoms with E-state index < -0.39 is 0 Å². The summed E-state index contributed by atoms with van der Waals surface area (Å²) in [5.41, 5.74) is 1.04. The second kappa shape index (κ2) is 5.22. The molecule has 0 radical (unpaired) electrons. The summed E-state index contributed by atoms with van der Waals surface area (Å²) in [6.45, 7) is 5.18. The van der Waals surface area contributed by atoms with E-state index in [1.165, 1.54) is 25.7 Å². The largest absolute Gasteiger partial charge is 0.378 e. The van der Waals surface area contributed by atoms with E-state index in [1.807, 2.05) is 6.92 Å². The number of rotatable bonds is 2. The van der Waals surface area contributed by atoms with Crippen LogP contribution in [0.3, 0.4) is 0 Å². The van der Waals surface area contributed by atoms with Crippen molar-refractivity contribution in [2.24, 2.45) is 5.92 Å². The van der Waals surface area contributed by atoms with E-state index in [0.29, 0.717) is 6.10 Å². The number of hydrogen-bond acceptors (Lipinski definition) is 4. The Bertz CT molecular complexity index is 396. The van der Waals surface area contributed by atoms with Crippen LogP contribution in [0, 0.1) is 12.8 Å². The molecule has 0 spiro atoms. The maximum absolute atomic E-state index is 5.81. The Morgan fingerprint density at radius 2 is 2.06 bits per heavy atom. The van der Waals surface area contributed by atoms with E-state index in [0.717, 1.165) is 37.1 Å². The Kier molecular flexibility index (Phi) is 3.46. The molecular weight excluding hydrogens is 226 g/mol. The Hall–Kier alpha value is -1.16. The first-order chi connectivity index (χ1) is 8.83. The lowest BCUT2D eigenvalue weighted by atomic mass is 9.90. The van der Waals surface area contributed by atoms with Gasteiger partial charge in [0, 0.05) is 31.5 Å². The van der Waals surface area contributed by atoms with Crippen LogP contribution in [0.5, 0.6) is 0 Å². The quantitative estimate of drug-likeness (QED) is 0.803. The number of ether oxygens (including phenoxy) is 1. The van der Waals surface area contributed by atoms with Crippen molar-refractivity contribution in [3.8, 4) is 0 Å². The molecule has 1 unspecified atom stereocenters. The number of aryl methyl sites for hydroxylation is 1. The maximum Gasteiger partial charge on any atom is 0.132 e. The molecule has 4 heteroatoms. The molecule has 98 valence electrons. The highest BCUT2D eigenvalue weighted by Crippen LogP contribution is 2.30. The minimum Gasteiger partial charge on any atom is -0.378 e. The SMILES string of the molecule is Cc1cc(N2CCC(C3CCCO3)CC2)ncn1. The Morgan fingerprint density at radius 1 is 1.22 bits per heavy atom. The number of piperidine rings is 1. The monoisotopic (exact) mass is 247 g/mol. The molecule has 3 heterocycles. The smallest absolute Gasteiger partial charge is 0.132 e. The molecule has 1 atom stereocenters. The van der Waals surface area contributed by atoms with Crippen LogP contribution in [-0.2, 0) is 4.74 Å². The highest BCUT2D eigenvalue weighted by molar-refractivity contribution is 5.39. The van der Waals surface area contributed by atoms with Crippen molar-refractivity contribution < 1.29 is 4.74 Å². The Labute approximate surface area is 108 Å². The molecule has 0 bridgehead atoms. The highest BCUT2D eigenvalue weighted by atomic mass is 16.5. The van der Waals surface area contributed by atoms with E-state index in [1.54, 1.807) is 6.33 Å². The number of hydrogen-bond donors (Lipinski definition) is 0. The van der Waals surface area contributed by atoms with Crippen LogP contribution in [0.2, 0.25) is 0 Å². The van der Waals surface area contributed by atoms with Crippen molar-refractivity contribution in [3.63, 3.8) is 0 Å². The summed E-state index contributed by atoms with van der Waals surface area (Å²) in [4.78, 5) is 10.9. The molecule has 1 aromatic heterocycles. The number of aromatic nitrogens is 2. The Balaban J connectivity index is 1.59. The summed E-state index contributed by atoms with van der Waals surface area (Å²) >= 11 is 0. The lowest BCUT2D eigenvalue weighted by molar-refractivity contribution is 0.0531. The van der Waals surface area contributed by atoms with Crippen LogP contribution in [0.1, 0.15) is 31.4 Å². The van der Waals surface area contributed by atoms with Crippen LogP contribution in [0.25, 0.3) is 0 Å². The van der Waals surface area contributed by atoms with Gasteiger partial charge in [0.2, 0.25) is 0 Å². The molecule has 18 heavy (non-hydrogen) atoms. The predicted molar refractivity (Wildman–Crippen MR) is 70.7 cm³/mol. The minimum absolute atomic E-state index is 0.527. The van der Waals surface area contributed by atoms with E-state index in [9.17, 15) is 0 Å². The number of anilines is 1. The third kappa shape index (κ3) is 2.48. The standard InChI is InChI=1S/C14H21N3O/c1-11-9-14(16-10-15-11)17-6-4-12(5-7-17)13-3-2-8-18-13/h9-10,12-13H,2-8H2,1H3. The summed E-state index contributed by atoms with van der Waals surface area (Å²) in [6, 6.07) is 2.08. The average molecular weight is 247 g/mol. The molecule has 0 saturated carbocycles. The van der Waals surface area contributed by atoms with Gasteiger partial charge in [0.1, 0.15) is 12.1 Å². The molecule has 2 fully saturated rings. The lowest BCUT2D eigenvalue weighted by Gasteiger charge is -2.35. The van der Waals surface area contributed by atoms with E-state index in [4.69, 9.17) is 4.74 Å². The molecule has 0 N–H and O–H groups in total. The molecular formula is C14H21N3O. The summed E-state index contributed by atoms with van der Waals surface area (Å²) < 4.78 is 5.81. The summed E-state index contributed by atoms with van der Waals surface area (Å²) in [5.74, 6) is 1.83. The molecule has 0 aromatic carbocycles. The van der Waals surface area contributed by atoms with Crippen LogP contribution < -0.4 is 4.90 Å². The zero-order chi connectivity index (χ0) is 12.4. The second-order valence-electron chi connectivity index (χ2n) is 5.39.